The van der Waals surface area contributed by atoms with Gasteiger partial charge in [0, 0.05) is 6.42 Å². The number of hydrogen-bond acceptors (Lipinski definition) is 4. The van der Waals surface area contributed by atoms with Crippen LogP contribution in [0.25, 0.3) is 0 Å². The molecule has 0 spiro atoms. The van der Waals surface area contributed by atoms with Gasteiger partial charge in [-0.3, -0.25) is 19.7 Å². The molecule has 0 bridgehead atoms. The Bertz CT molecular complexity index is 886. The quantitative estimate of drug-likeness (QED) is 0.622. The second-order valence-corrected chi connectivity index (χ2v) is 7.82. The summed E-state index contributed by atoms with van der Waals surface area (Å²) in [4.78, 5) is 36.7. The van der Waals surface area contributed by atoms with Crippen molar-refractivity contribution in [1.29, 1.82) is 0 Å². The fraction of sp³-hybridized carbons (Fsp3) is 0.375. The molecule has 0 aliphatic rings. The molecule has 0 saturated heterocycles. The topological polar surface area (TPSA) is 101 Å². The van der Waals surface area contributed by atoms with Crippen molar-refractivity contribution >= 4 is 17.7 Å². The number of nitrogens with one attached hydrogen (secondary N) is 2. The molecule has 6 nitrogen and oxygen atoms in total. The molecule has 0 radical (unpaired) electrons. The molecule has 0 fully saturated rings. The summed E-state index contributed by atoms with van der Waals surface area (Å²) in [5, 5.41) is 4.94. The summed E-state index contributed by atoms with van der Waals surface area (Å²) in [5.41, 5.74) is 11.5. The largest absolute Gasteiger partial charge is 0.343 e. The van der Waals surface area contributed by atoms with Crippen LogP contribution in [0.1, 0.15) is 41.2 Å². The van der Waals surface area contributed by atoms with Crippen LogP contribution in [0, 0.1) is 20.8 Å². The van der Waals surface area contributed by atoms with Crippen LogP contribution in [-0.2, 0) is 27.2 Å². The van der Waals surface area contributed by atoms with Gasteiger partial charge >= 0.3 is 0 Å². The second-order valence-electron chi connectivity index (χ2n) is 7.82. The van der Waals surface area contributed by atoms with Crippen LogP contribution in [0.15, 0.2) is 42.5 Å². The van der Waals surface area contributed by atoms with Gasteiger partial charge < -0.3 is 11.1 Å². The van der Waals surface area contributed by atoms with E-state index in [0.29, 0.717) is 12.8 Å². The predicted octanol–water partition coefficient (Wildman–Crippen LogP) is 2.26. The van der Waals surface area contributed by atoms with Crippen LogP contribution in [0.5, 0.6) is 0 Å². The first kappa shape index (κ1) is 23.3. The lowest BCUT2D eigenvalue weighted by atomic mass is 9.94. The van der Waals surface area contributed by atoms with Gasteiger partial charge in [0.05, 0.1) is 6.04 Å². The zero-order valence-corrected chi connectivity index (χ0v) is 18.1. The third-order valence-corrected chi connectivity index (χ3v) is 5.10. The summed E-state index contributed by atoms with van der Waals surface area (Å²) < 4.78 is 0. The molecule has 4 N–H and O–H groups in total. The van der Waals surface area contributed by atoms with E-state index in [1.807, 2.05) is 51.1 Å². The molecule has 0 heterocycles. The SMILES string of the molecule is Cc1cc(C)c(C[C@H](N)C(=O)N[C@@H](C)C(=O)NC(=O)CCc2ccccc2)c(C)c1. The highest BCUT2D eigenvalue weighted by Gasteiger charge is 2.22. The number of benzene rings is 2. The fourth-order valence-corrected chi connectivity index (χ4v) is 3.44. The first-order chi connectivity index (χ1) is 14.2. The Labute approximate surface area is 178 Å². The second kappa shape index (κ2) is 10.7. The van der Waals surface area contributed by atoms with E-state index >= 15 is 0 Å². The Balaban J connectivity index is 1.83. The Hall–Kier alpha value is -2.99. The molecule has 0 aliphatic carbocycles. The normalized spacial score (nSPS) is 12.7. The van der Waals surface area contributed by atoms with E-state index in [-0.39, 0.29) is 12.3 Å². The lowest BCUT2D eigenvalue weighted by molar-refractivity contribution is -0.134. The highest BCUT2D eigenvalue weighted by molar-refractivity contribution is 5.99. The molecule has 6 heteroatoms. The minimum Gasteiger partial charge on any atom is -0.343 e. The average molecular weight is 410 g/mol. The molecule has 0 unspecified atom stereocenters. The first-order valence-corrected chi connectivity index (χ1v) is 10.2. The van der Waals surface area contributed by atoms with Crippen molar-refractivity contribution in [2.45, 2.75) is 59.0 Å². The predicted molar refractivity (Wildman–Crippen MR) is 118 cm³/mol. The van der Waals surface area contributed by atoms with Crippen LogP contribution in [0.3, 0.4) is 0 Å². The minimum atomic E-state index is -0.857. The highest BCUT2D eigenvalue weighted by Crippen LogP contribution is 2.17. The van der Waals surface area contributed by atoms with Gasteiger partial charge in [0.25, 0.3) is 0 Å². The minimum absolute atomic E-state index is 0.196. The van der Waals surface area contributed by atoms with Crippen molar-refractivity contribution in [3.63, 3.8) is 0 Å². The smallest absolute Gasteiger partial charge is 0.248 e. The number of imide groups is 1. The number of carbonyl (C=O) groups excluding carboxylic acids is 3. The van der Waals surface area contributed by atoms with Gasteiger partial charge in [-0.15, -0.1) is 0 Å². The van der Waals surface area contributed by atoms with E-state index in [1.165, 1.54) is 6.92 Å². The van der Waals surface area contributed by atoms with Gasteiger partial charge in [-0.25, -0.2) is 0 Å². The molecule has 30 heavy (non-hydrogen) atoms. The molecular formula is C24H31N3O3. The van der Waals surface area contributed by atoms with Crippen LogP contribution in [0.4, 0.5) is 0 Å². The number of hydrogen-bond donors (Lipinski definition) is 3. The van der Waals surface area contributed by atoms with Crippen molar-refractivity contribution in [2.24, 2.45) is 5.73 Å². The Morgan fingerprint density at radius 1 is 0.967 bits per heavy atom. The Morgan fingerprint density at radius 3 is 2.17 bits per heavy atom. The van der Waals surface area contributed by atoms with Gasteiger partial charge in [-0.2, -0.15) is 0 Å². The highest BCUT2D eigenvalue weighted by atomic mass is 16.2. The van der Waals surface area contributed by atoms with E-state index in [0.717, 1.165) is 27.8 Å². The van der Waals surface area contributed by atoms with Crippen LogP contribution in [-0.4, -0.2) is 29.8 Å². The molecule has 0 saturated carbocycles. The van der Waals surface area contributed by atoms with Crippen molar-refractivity contribution < 1.29 is 14.4 Å². The molecule has 0 aliphatic heterocycles. The van der Waals surface area contributed by atoms with Crippen LogP contribution >= 0.6 is 0 Å². The van der Waals surface area contributed by atoms with Gasteiger partial charge in [0.2, 0.25) is 17.7 Å². The van der Waals surface area contributed by atoms with Crippen molar-refractivity contribution in [1.82, 2.24) is 10.6 Å². The van der Waals surface area contributed by atoms with Crippen molar-refractivity contribution in [3.8, 4) is 0 Å². The summed E-state index contributed by atoms with van der Waals surface area (Å²) >= 11 is 0. The number of carbonyl (C=O) groups is 3. The molecule has 0 aromatic heterocycles. The number of amides is 3. The van der Waals surface area contributed by atoms with E-state index in [4.69, 9.17) is 5.73 Å². The van der Waals surface area contributed by atoms with Crippen LogP contribution in [0.2, 0.25) is 0 Å². The molecule has 2 atom stereocenters. The van der Waals surface area contributed by atoms with Crippen molar-refractivity contribution in [3.05, 3.63) is 70.3 Å². The summed E-state index contributed by atoms with van der Waals surface area (Å²) in [5.74, 6) is -1.34. The fourth-order valence-electron chi connectivity index (χ4n) is 3.44. The summed E-state index contributed by atoms with van der Waals surface area (Å²) in [7, 11) is 0. The van der Waals surface area contributed by atoms with E-state index in [2.05, 4.69) is 22.8 Å². The van der Waals surface area contributed by atoms with E-state index in [1.54, 1.807) is 0 Å². The molecule has 160 valence electrons. The molecular weight excluding hydrogens is 378 g/mol. The lowest BCUT2D eigenvalue weighted by Crippen LogP contribution is -2.51. The van der Waals surface area contributed by atoms with Gasteiger partial charge in [0.1, 0.15) is 6.04 Å². The third kappa shape index (κ3) is 6.81. The number of aryl methyl sites for hydroxylation is 4. The monoisotopic (exact) mass is 409 g/mol. The molecule has 2 aromatic carbocycles. The standard InChI is InChI=1S/C24H31N3O3/c1-15-12-16(2)20(17(3)13-15)14-21(25)24(30)26-18(4)23(29)27-22(28)11-10-19-8-6-5-7-9-19/h5-9,12-13,18,21H,10-11,14,25H2,1-4H3,(H,26,30)(H,27,28,29)/t18-,21-/m0/s1. The van der Waals surface area contributed by atoms with Crippen molar-refractivity contribution in [2.75, 3.05) is 0 Å². The molecule has 2 rings (SSSR count). The average Bonchev–Trinajstić information content (AvgIpc) is 2.69. The van der Waals surface area contributed by atoms with E-state index in [9.17, 15) is 14.4 Å². The summed E-state index contributed by atoms with van der Waals surface area (Å²) in [6.45, 7) is 7.55. The number of nitrogens with two attached hydrogens (primary N) is 1. The molecule has 2 aromatic rings. The first-order valence-electron chi connectivity index (χ1n) is 10.2. The maximum absolute atomic E-state index is 12.4. The summed E-state index contributed by atoms with van der Waals surface area (Å²) in [6, 6.07) is 12.0. The van der Waals surface area contributed by atoms with E-state index < -0.39 is 23.9 Å². The lowest BCUT2D eigenvalue weighted by Gasteiger charge is -2.19. The zero-order valence-electron chi connectivity index (χ0n) is 18.1. The zero-order chi connectivity index (χ0) is 22.3. The van der Waals surface area contributed by atoms with Gasteiger partial charge in [0.15, 0.2) is 0 Å². The maximum Gasteiger partial charge on any atom is 0.248 e. The van der Waals surface area contributed by atoms with Crippen LogP contribution < -0.4 is 16.4 Å². The maximum atomic E-state index is 12.4. The van der Waals surface area contributed by atoms with Gasteiger partial charge in [-0.1, -0.05) is 48.0 Å². The third-order valence-electron chi connectivity index (χ3n) is 5.10. The molecule has 3 amide bonds. The Morgan fingerprint density at radius 2 is 1.57 bits per heavy atom. The van der Waals surface area contributed by atoms with Gasteiger partial charge in [-0.05, 0) is 62.8 Å². The number of rotatable bonds is 8. The summed E-state index contributed by atoms with van der Waals surface area (Å²) in [6.07, 6.45) is 1.12. The Kier molecular flexibility index (Phi) is 8.30.